The first-order valence-corrected chi connectivity index (χ1v) is 7.74. The van der Waals surface area contributed by atoms with Crippen LogP contribution in [0.2, 0.25) is 0 Å². The second-order valence-electron chi connectivity index (χ2n) is 4.43. The van der Waals surface area contributed by atoms with Gasteiger partial charge >= 0.3 is 0 Å². The molecule has 3 heterocycles. The van der Waals surface area contributed by atoms with Gasteiger partial charge in [0.2, 0.25) is 6.41 Å². The van der Waals surface area contributed by atoms with Crippen LogP contribution in [0.25, 0.3) is 10.8 Å². The van der Waals surface area contributed by atoms with Crippen molar-refractivity contribution in [2.45, 2.75) is 26.4 Å². The number of amides is 1. The van der Waals surface area contributed by atoms with Crippen molar-refractivity contribution in [3.05, 3.63) is 15.2 Å². The van der Waals surface area contributed by atoms with E-state index >= 15 is 0 Å². The van der Waals surface area contributed by atoms with Crippen molar-refractivity contribution in [3.63, 3.8) is 0 Å². The Morgan fingerprint density at radius 2 is 2.21 bits per heavy atom. The first kappa shape index (κ1) is 13.0. The van der Waals surface area contributed by atoms with Gasteiger partial charge in [-0.05, 0) is 48.0 Å². The van der Waals surface area contributed by atoms with Crippen molar-refractivity contribution < 1.29 is 4.79 Å². The highest BCUT2D eigenvalue weighted by Crippen LogP contribution is 2.33. The van der Waals surface area contributed by atoms with Gasteiger partial charge in [0.25, 0.3) is 0 Å². The summed E-state index contributed by atoms with van der Waals surface area (Å²) in [6.07, 6.45) is 0.909. The van der Waals surface area contributed by atoms with E-state index < -0.39 is 0 Å². The minimum Gasteiger partial charge on any atom is -0.335 e. The SMILES string of the molecule is Cc1nsc(-c2nc(I)c3n2CCN(C=O)C3C)n1. The van der Waals surface area contributed by atoms with E-state index in [0.717, 1.165) is 39.0 Å². The molecule has 3 rings (SSSR count). The summed E-state index contributed by atoms with van der Waals surface area (Å²) in [5.41, 5.74) is 1.09. The largest absolute Gasteiger partial charge is 0.335 e. The van der Waals surface area contributed by atoms with Crippen LogP contribution < -0.4 is 0 Å². The van der Waals surface area contributed by atoms with Gasteiger partial charge in [-0.1, -0.05) is 0 Å². The molecule has 1 aliphatic rings. The number of hydrogen-bond donors (Lipinski definition) is 0. The maximum atomic E-state index is 11.0. The molecule has 0 fully saturated rings. The van der Waals surface area contributed by atoms with Crippen LogP contribution >= 0.6 is 34.1 Å². The van der Waals surface area contributed by atoms with Gasteiger partial charge in [-0.15, -0.1) is 0 Å². The number of hydrogen-bond acceptors (Lipinski definition) is 5. The molecule has 1 unspecified atom stereocenters. The Bertz CT molecular complexity index is 637. The second-order valence-corrected chi connectivity index (χ2v) is 6.20. The first-order valence-electron chi connectivity index (χ1n) is 5.89. The Balaban J connectivity index is 2.11. The highest BCUT2D eigenvalue weighted by atomic mass is 127. The first-order chi connectivity index (χ1) is 9.11. The van der Waals surface area contributed by atoms with Crippen molar-refractivity contribution in [3.8, 4) is 10.8 Å². The molecule has 2 aromatic rings. The molecule has 1 atom stereocenters. The minimum absolute atomic E-state index is 0.0495. The third kappa shape index (κ3) is 2.06. The van der Waals surface area contributed by atoms with Crippen LogP contribution in [0.3, 0.4) is 0 Å². The number of carbonyl (C=O) groups excluding carboxylic acids is 1. The molecule has 0 saturated heterocycles. The zero-order valence-electron chi connectivity index (χ0n) is 10.5. The Kier molecular flexibility index (Phi) is 3.29. The Morgan fingerprint density at radius 1 is 1.42 bits per heavy atom. The molecule has 19 heavy (non-hydrogen) atoms. The van der Waals surface area contributed by atoms with Gasteiger partial charge in [-0.2, -0.15) is 4.37 Å². The van der Waals surface area contributed by atoms with Gasteiger partial charge in [0.1, 0.15) is 9.53 Å². The summed E-state index contributed by atoms with van der Waals surface area (Å²) < 4.78 is 7.30. The number of carbonyl (C=O) groups is 1. The molecule has 0 bridgehead atoms. The van der Waals surface area contributed by atoms with Crippen molar-refractivity contribution in [2.24, 2.45) is 0 Å². The lowest BCUT2D eigenvalue weighted by molar-refractivity contribution is -0.120. The van der Waals surface area contributed by atoms with Crippen LogP contribution in [0.5, 0.6) is 0 Å². The number of fused-ring (bicyclic) bond motifs is 1. The highest BCUT2D eigenvalue weighted by Gasteiger charge is 2.29. The van der Waals surface area contributed by atoms with Crippen LogP contribution in [0.1, 0.15) is 24.5 Å². The molecule has 2 aromatic heterocycles. The van der Waals surface area contributed by atoms with Gasteiger partial charge in [0, 0.05) is 13.1 Å². The Labute approximate surface area is 128 Å². The van der Waals surface area contributed by atoms with Gasteiger partial charge in [0.05, 0.1) is 11.7 Å². The lowest BCUT2D eigenvalue weighted by atomic mass is 10.2. The minimum atomic E-state index is 0.0495. The number of imidazole rings is 1. The summed E-state index contributed by atoms with van der Waals surface area (Å²) in [6, 6.07) is 0.0495. The lowest BCUT2D eigenvalue weighted by Crippen LogP contribution is -2.36. The predicted octanol–water partition coefficient (Wildman–Crippen LogP) is 1.85. The van der Waals surface area contributed by atoms with Crippen LogP contribution in [-0.4, -0.2) is 36.8 Å². The molecular formula is C11H12IN5OS. The van der Waals surface area contributed by atoms with Crippen molar-refractivity contribution >= 4 is 40.5 Å². The smallest absolute Gasteiger partial charge is 0.210 e. The van der Waals surface area contributed by atoms with E-state index in [0.29, 0.717) is 6.54 Å². The van der Waals surface area contributed by atoms with Crippen molar-refractivity contribution in [1.82, 2.24) is 23.8 Å². The van der Waals surface area contributed by atoms with Crippen LogP contribution in [-0.2, 0) is 11.3 Å². The molecule has 0 spiro atoms. The maximum Gasteiger partial charge on any atom is 0.210 e. The third-order valence-corrected chi connectivity index (χ3v) is 4.89. The van der Waals surface area contributed by atoms with E-state index in [1.165, 1.54) is 11.5 Å². The third-order valence-electron chi connectivity index (χ3n) is 3.29. The molecule has 1 amide bonds. The Hall–Kier alpha value is -1.03. The standard InChI is InChI=1S/C11H12IN5OS/c1-6-8-9(12)14-10(11-13-7(2)15-19-11)17(8)4-3-16(6)5-18/h5-6H,3-4H2,1-2H3. The average molecular weight is 389 g/mol. The van der Waals surface area contributed by atoms with Crippen molar-refractivity contribution in [1.29, 1.82) is 0 Å². The molecule has 0 radical (unpaired) electrons. The zero-order chi connectivity index (χ0) is 13.6. The summed E-state index contributed by atoms with van der Waals surface area (Å²) in [4.78, 5) is 21.9. The van der Waals surface area contributed by atoms with Crippen LogP contribution in [0, 0.1) is 10.6 Å². The van der Waals surface area contributed by atoms with E-state index in [-0.39, 0.29) is 6.04 Å². The van der Waals surface area contributed by atoms with Crippen LogP contribution in [0.15, 0.2) is 0 Å². The van der Waals surface area contributed by atoms with Crippen molar-refractivity contribution in [2.75, 3.05) is 6.54 Å². The monoisotopic (exact) mass is 389 g/mol. The maximum absolute atomic E-state index is 11.0. The van der Waals surface area contributed by atoms with E-state index in [9.17, 15) is 4.79 Å². The number of nitrogens with zero attached hydrogens (tertiary/aromatic N) is 5. The quantitative estimate of drug-likeness (QED) is 0.581. The predicted molar refractivity (Wildman–Crippen MR) is 79.8 cm³/mol. The number of aromatic nitrogens is 4. The summed E-state index contributed by atoms with van der Waals surface area (Å²) >= 11 is 3.59. The van der Waals surface area contributed by atoms with E-state index in [2.05, 4.69) is 41.5 Å². The fourth-order valence-corrected chi connectivity index (χ4v) is 3.96. The molecule has 0 aromatic carbocycles. The molecule has 8 heteroatoms. The van der Waals surface area contributed by atoms with Gasteiger partial charge in [-0.25, -0.2) is 9.97 Å². The lowest BCUT2D eigenvalue weighted by Gasteiger charge is -2.32. The molecule has 1 aliphatic heterocycles. The fraction of sp³-hybridized carbons (Fsp3) is 0.455. The molecule has 0 aliphatic carbocycles. The number of aryl methyl sites for hydroxylation is 1. The number of halogens is 1. The molecule has 6 nitrogen and oxygen atoms in total. The summed E-state index contributed by atoms with van der Waals surface area (Å²) in [5, 5.41) is 0.841. The topological polar surface area (TPSA) is 63.9 Å². The Morgan fingerprint density at radius 3 is 2.84 bits per heavy atom. The molecule has 0 N–H and O–H groups in total. The average Bonchev–Trinajstić information content (AvgIpc) is 2.94. The molecular weight excluding hydrogens is 377 g/mol. The summed E-state index contributed by atoms with van der Waals surface area (Å²) in [5.74, 6) is 1.63. The van der Waals surface area contributed by atoms with Gasteiger partial charge in [-0.3, -0.25) is 4.79 Å². The second kappa shape index (κ2) is 4.82. The zero-order valence-corrected chi connectivity index (χ0v) is 13.5. The van der Waals surface area contributed by atoms with E-state index in [4.69, 9.17) is 0 Å². The summed E-state index contributed by atoms with van der Waals surface area (Å²) in [7, 11) is 0. The fourth-order valence-electron chi connectivity index (χ4n) is 2.32. The normalized spacial score (nSPS) is 18.5. The van der Waals surface area contributed by atoms with E-state index in [1.807, 2.05) is 13.8 Å². The molecule has 100 valence electrons. The molecule has 0 saturated carbocycles. The van der Waals surface area contributed by atoms with Gasteiger partial charge in [0.15, 0.2) is 10.8 Å². The summed E-state index contributed by atoms with van der Waals surface area (Å²) in [6.45, 7) is 5.36. The number of rotatable bonds is 2. The van der Waals surface area contributed by atoms with E-state index in [1.54, 1.807) is 4.90 Å². The van der Waals surface area contributed by atoms with Crippen LogP contribution in [0.4, 0.5) is 0 Å². The highest BCUT2D eigenvalue weighted by molar-refractivity contribution is 14.1. The van der Waals surface area contributed by atoms with Gasteiger partial charge < -0.3 is 9.47 Å².